The van der Waals surface area contributed by atoms with Gasteiger partial charge in [-0.25, -0.2) is 0 Å². The number of carboxylic acids is 1. The van der Waals surface area contributed by atoms with Crippen molar-refractivity contribution in [2.24, 2.45) is 5.41 Å². The summed E-state index contributed by atoms with van der Waals surface area (Å²) in [5.41, 5.74) is 1.17. The van der Waals surface area contributed by atoms with Crippen LogP contribution in [0.2, 0.25) is 0 Å². The van der Waals surface area contributed by atoms with Crippen LogP contribution in [0.3, 0.4) is 0 Å². The number of aromatic nitrogens is 1. The Morgan fingerprint density at radius 1 is 0.892 bits per heavy atom. The van der Waals surface area contributed by atoms with Gasteiger partial charge in [0, 0.05) is 11.1 Å². The van der Waals surface area contributed by atoms with Gasteiger partial charge in [0.15, 0.2) is 5.78 Å². The molecule has 0 aliphatic heterocycles. The van der Waals surface area contributed by atoms with E-state index in [2.05, 4.69) is 0 Å². The Morgan fingerprint density at radius 2 is 1.54 bits per heavy atom. The fraction of sp³-hybridized carbons (Fsp3) is 0.276. The number of benzene rings is 3. The molecular formula is C29H29NO6S. The maximum Gasteiger partial charge on any atom is 0.309 e. The van der Waals surface area contributed by atoms with Crippen LogP contribution in [0.4, 0.5) is 0 Å². The van der Waals surface area contributed by atoms with Crippen molar-refractivity contribution in [1.82, 2.24) is 4.57 Å². The molecule has 4 rings (SSSR count). The minimum Gasteiger partial charge on any atom is -0.494 e. The Hall–Kier alpha value is -3.91. The summed E-state index contributed by atoms with van der Waals surface area (Å²) in [4.78, 5) is 36.4. The molecule has 0 unspecified atom stereocenters. The monoisotopic (exact) mass is 519 g/mol. The molecule has 7 nitrogen and oxygen atoms in total. The van der Waals surface area contributed by atoms with Gasteiger partial charge in [-0.15, -0.1) is 0 Å². The van der Waals surface area contributed by atoms with Gasteiger partial charge in [-0.3, -0.25) is 19.0 Å². The third kappa shape index (κ3) is 6.46. The topological polar surface area (TPSA) is 94.8 Å². The molecule has 0 radical (unpaired) electrons. The molecule has 3 aromatic carbocycles. The highest BCUT2D eigenvalue weighted by Gasteiger charge is 2.26. The third-order valence-corrected chi connectivity index (χ3v) is 7.11. The molecular weight excluding hydrogens is 490 g/mol. The van der Waals surface area contributed by atoms with E-state index in [0.29, 0.717) is 55.2 Å². The van der Waals surface area contributed by atoms with E-state index in [9.17, 15) is 19.5 Å². The first kappa shape index (κ1) is 26.2. The summed E-state index contributed by atoms with van der Waals surface area (Å²) in [5.74, 6) is 0.452. The molecule has 0 saturated carbocycles. The second kappa shape index (κ2) is 11.4. The molecule has 0 saturated heterocycles. The predicted octanol–water partition coefficient (Wildman–Crippen LogP) is 5.64. The first-order valence-electron chi connectivity index (χ1n) is 12.1. The van der Waals surface area contributed by atoms with Gasteiger partial charge in [0.05, 0.1) is 28.8 Å². The van der Waals surface area contributed by atoms with E-state index < -0.39 is 11.4 Å². The number of thiazole rings is 1. The van der Waals surface area contributed by atoms with Gasteiger partial charge in [-0.05, 0) is 69.2 Å². The van der Waals surface area contributed by atoms with Crippen LogP contribution in [0.25, 0.3) is 10.2 Å². The molecule has 0 fully saturated rings. The van der Waals surface area contributed by atoms with Crippen LogP contribution in [0.1, 0.15) is 42.6 Å². The lowest BCUT2D eigenvalue weighted by molar-refractivity contribution is -0.147. The first-order valence-corrected chi connectivity index (χ1v) is 12.9. The molecule has 192 valence electrons. The maximum absolute atomic E-state index is 12.7. The number of carboxylic acid groups (broad SMARTS) is 1. The molecule has 37 heavy (non-hydrogen) atoms. The Kier molecular flexibility index (Phi) is 8.08. The van der Waals surface area contributed by atoms with Crippen LogP contribution in [-0.4, -0.2) is 34.6 Å². The van der Waals surface area contributed by atoms with Crippen molar-refractivity contribution >= 4 is 33.3 Å². The molecule has 1 heterocycles. The van der Waals surface area contributed by atoms with Crippen molar-refractivity contribution in [3.05, 3.63) is 93.6 Å². The standard InChI is InChI=1S/C29H29NO6S/c1-29(2,27(32)33)15-6-17-35-22-10-12-23(13-11-22)36-18-16-30-24-14-9-21(19-25(24)37-28(30)34)26(31)20-7-4-3-5-8-20/h3-5,7-14,19H,6,15-18H2,1-2H3,(H,32,33). The average Bonchev–Trinajstić information content (AvgIpc) is 3.21. The Labute approximate surface area is 218 Å². The normalized spacial score (nSPS) is 11.4. The number of fused-ring (bicyclic) bond motifs is 1. The number of hydrogen-bond donors (Lipinski definition) is 1. The summed E-state index contributed by atoms with van der Waals surface area (Å²) in [6.07, 6.45) is 1.17. The van der Waals surface area contributed by atoms with E-state index >= 15 is 0 Å². The zero-order valence-corrected chi connectivity index (χ0v) is 21.6. The van der Waals surface area contributed by atoms with Crippen LogP contribution in [0.15, 0.2) is 77.6 Å². The Balaban J connectivity index is 1.30. The summed E-state index contributed by atoms with van der Waals surface area (Å²) in [7, 11) is 0. The third-order valence-electron chi connectivity index (χ3n) is 6.17. The van der Waals surface area contributed by atoms with E-state index in [-0.39, 0.29) is 10.7 Å². The number of carbonyl (C=O) groups excluding carboxylic acids is 1. The number of nitrogens with zero attached hydrogens (tertiary/aromatic N) is 1. The summed E-state index contributed by atoms with van der Waals surface area (Å²) >= 11 is 1.12. The highest BCUT2D eigenvalue weighted by atomic mass is 32.1. The highest BCUT2D eigenvalue weighted by Crippen LogP contribution is 2.24. The predicted molar refractivity (Wildman–Crippen MR) is 144 cm³/mol. The van der Waals surface area contributed by atoms with Gasteiger partial charge in [0.2, 0.25) is 0 Å². The van der Waals surface area contributed by atoms with E-state index in [0.717, 1.165) is 21.6 Å². The smallest absolute Gasteiger partial charge is 0.309 e. The number of ketones is 1. The van der Waals surface area contributed by atoms with Crippen molar-refractivity contribution in [1.29, 1.82) is 0 Å². The maximum atomic E-state index is 12.7. The number of hydrogen-bond acceptors (Lipinski definition) is 6. The minimum atomic E-state index is -0.811. The van der Waals surface area contributed by atoms with Gasteiger partial charge in [0.1, 0.15) is 18.1 Å². The van der Waals surface area contributed by atoms with Crippen LogP contribution in [-0.2, 0) is 11.3 Å². The fourth-order valence-electron chi connectivity index (χ4n) is 3.87. The van der Waals surface area contributed by atoms with Gasteiger partial charge in [-0.2, -0.15) is 0 Å². The van der Waals surface area contributed by atoms with Crippen LogP contribution >= 0.6 is 11.3 Å². The molecule has 1 aromatic heterocycles. The molecule has 0 amide bonds. The van der Waals surface area contributed by atoms with E-state index in [4.69, 9.17) is 9.47 Å². The van der Waals surface area contributed by atoms with Crippen molar-refractivity contribution < 1.29 is 24.2 Å². The number of carbonyl (C=O) groups is 2. The van der Waals surface area contributed by atoms with Crippen LogP contribution < -0.4 is 14.3 Å². The lowest BCUT2D eigenvalue weighted by atomic mass is 9.88. The van der Waals surface area contributed by atoms with Crippen molar-refractivity contribution in [3.8, 4) is 11.5 Å². The van der Waals surface area contributed by atoms with Crippen molar-refractivity contribution in [2.75, 3.05) is 13.2 Å². The Morgan fingerprint density at radius 3 is 2.19 bits per heavy atom. The van der Waals surface area contributed by atoms with Crippen molar-refractivity contribution in [2.45, 2.75) is 33.2 Å². The molecule has 1 N–H and O–H groups in total. The van der Waals surface area contributed by atoms with Gasteiger partial charge in [-0.1, -0.05) is 41.7 Å². The van der Waals surface area contributed by atoms with Gasteiger partial charge < -0.3 is 14.6 Å². The first-order chi connectivity index (χ1) is 17.7. The van der Waals surface area contributed by atoms with Crippen LogP contribution in [0.5, 0.6) is 11.5 Å². The zero-order valence-electron chi connectivity index (χ0n) is 20.8. The average molecular weight is 520 g/mol. The van der Waals surface area contributed by atoms with E-state index in [1.165, 1.54) is 0 Å². The van der Waals surface area contributed by atoms with E-state index in [1.807, 2.05) is 24.3 Å². The molecule has 0 aliphatic rings. The summed E-state index contributed by atoms with van der Waals surface area (Å²) < 4.78 is 13.9. The quantitative estimate of drug-likeness (QED) is 0.192. The fourth-order valence-corrected chi connectivity index (χ4v) is 4.83. The largest absolute Gasteiger partial charge is 0.494 e. The summed E-state index contributed by atoms with van der Waals surface area (Å²) in [6, 6.07) is 21.6. The Bertz CT molecular complexity index is 1440. The zero-order chi connectivity index (χ0) is 26.4. The van der Waals surface area contributed by atoms with Gasteiger partial charge in [0.25, 0.3) is 0 Å². The van der Waals surface area contributed by atoms with Crippen molar-refractivity contribution in [3.63, 3.8) is 0 Å². The van der Waals surface area contributed by atoms with Crippen LogP contribution in [0, 0.1) is 5.41 Å². The molecule has 0 bridgehead atoms. The molecule has 4 aromatic rings. The summed E-state index contributed by atoms with van der Waals surface area (Å²) in [5, 5.41) is 9.17. The number of ether oxygens (including phenoxy) is 2. The molecule has 0 aliphatic carbocycles. The summed E-state index contributed by atoms with van der Waals surface area (Å²) in [6.45, 7) is 4.53. The molecule has 8 heteroatoms. The SMILES string of the molecule is CC(C)(CCCOc1ccc(OCCn2c(=O)sc3cc(C(=O)c4ccccc4)ccc32)cc1)C(=O)O. The second-order valence-corrected chi connectivity index (χ2v) is 10.4. The lowest BCUT2D eigenvalue weighted by Crippen LogP contribution is -2.24. The molecule has 0 atom stereocenters. The van der Waals surface area contributed by atoms with Gasteiger partial charge >= 0.3 is 10.8 Å². The second-order valence-electron chi connectivity index (χ2n) is 9.36. The minimum absolute atomic E-state index is 0.0743. The number of rotatable bonds is 12. The molecule has 0 spiro atoms. The lowest BCUT2D eigenvalue weighted by Gasteiger charge is -2.18. The van der Waals surface area contributed by atoms with E-state index in [1.54, 1.807) is 66.9 Å². The number of aliphatic carboxylic acids is 1. The highest BCUT2D eigenvalue weighted by molar-refractivity contribution is 7.16.